The zero-order valence-corrected chi connectivity index (χ0v) is 13.9. The fourth-order valence-corrected chi connectivity index (χ4v) is 3.27. The number of carbonyl (C=O) groups is 2. The smallest absolute Gasteiger partial charge is 0.244 e. The summed E-state index contributed by atoms with van der Waals surface area (Å²) in [7, 11) is 0. The number of nitrogens with zero attached hydrogens (tertiary/aromatic N) is 1. The quantitative estimate of drug-likeness (QED) is 0.866. The average molecular weight is 322 g/mol. The predicted octanol–water partition coefficient (Wildman–Crippen LogP) is 2.92. The van der Waals surface area contributed by atoms with Crippen molar-refractivity contribution in [1.82, 2.24) is 4.90 Å². The van der Waals surface area contributed by atoms with Crippen LogP contribution in [-0.4, -0.2) is 33.3 Å². The van der Waals surface area contributed by atoms with Gasteiger partial charge in [0.2, 0.25) is 11.8 Å². The van der Waals surface area contributed by atoms with E-state index in [1.54, 1.807) is 0 Å². The number of hydrogen-bond acceptors (Lipinski definition) is 4. The lowest BCUT2D eigenvalue weighted by atomic mass is 9.98. The van der Waals surface area contributed by atoms with Gasteiger partial charge in [0.05, 0.1) is 5.75 Å². The fourth-order valence-electron chi connectivity index (χ4n) is 2.20. The summed E-state index contributed by atoms with van der Waals surface area (Å²) in [6.45, 7) is 6.11. The van der Waals surface area contributed by atoms with Gasteiger partial charge in [-0.05, 0) is 24.0 Å². The van der Waals surface area contributed by atoms with Crippen molar-refractivity contribution in [3.05, 3.63) is 29.3 Å². The molecule has 1 aromatic carbocycles. The monoisotopic (exact) mass is 322 g/mol. The number of anilines is 1. The van der Waals surface area contributed by atoms with Crippen molar-refractivity contribution < 1.29 is 9.59 Å². The molecule has 4 nitrogen and oxygen atoms in total. The lowest BCUT2D eigenvalue weighted by molar-refractivity contribution is -0.128. The van der Waals surface area contributed by atoms with Crippen LogP contribution >= 0.6 is 24.0 Å². The number of amides is 2. The van der Waals surface area contributed by atoms with Crippen LogP contribution in [0.3, 0.4) is 0 Å². The molecule has 0 bridgehead atoms. The summed E-state index contributed by atoms with van der Waals surface area (Å²) in [6.07, 6.45) is 0. The molecule has 0 unspecified atom stereocenters. The summed E-state index contributed by atoms with van der Waals surface area (Å²) >= 11 is 6.38. The Balaban J connectivity index is 2.13. The van der Waals surface area contributed by atoms with Crippen LogP contribution in [0.4, 0.5) is 5.69 Å². The molecule has 0 aromatic heterocycles. The second kappa shape index (κ2) is 6.58. The fraction of sp³-hybridized carbons (Fsp3) is 0.400. The first-order chi connectivity index (χ1) is 9.90. The first-order valence-electron chi connectivity index (χ1n) is 6.76. The molecule has 1 aromatic rings. The standard InChI is InChI=1S/C15H18N2O2S2/c1-9(2)11-6-4-5-10(3)14(11)16-12(18)7-17-13(19)8-21-15(17)20/h4-6,9H,7-8H2,1-3H3,(H,16,18). The van der Waals surface area contributed by atoms with Crippen molar-refractivity contribution in [2.45, 2.75) is 26.7 Å². The summed E-state index contributed by atoms with van der Waals surface area (Å²) in [6, 6.07) is 5.95. The van der Waals surface area contributed by atoms with E-state index in [9.17, 15) is 9.59 Å². The molecule has 1 saturated heterocycles. The van der Waals surface area contributed by atoms with Gasteiger partial charge in [0.1, 0.15) is 10.9 Å². The molecular weight excluding hydrogens is 304 g/mol. The molecule has 0 aliphatic carbocycles. The van der Waals surface area contributed by atoms with Gasteiger partial charge in [-0.15, -0.1) is 0 Å². The van der Waals surface area contributed by atoms with E-state index in [0.29, 0.717) is 16.0 Å². The molecule has 21 heavy (non-hydrogen) atoms. The van der Waals surface area contributed by atoms with Crippen LogP contribution in [0.2, 0.25) is 0 Å². The lowest BCUT2D eigenvalue weighted by Crippen LogP contribution is -2.36. The van der Waals surface area contributed by atoms with Crippen molar-refractivity contribution in [3.63, 3.8) is 0 Å². The molecule has 6 heteroatoms. The number of rotatable bonds is 4. The van der Waals surface area contributed by atoms with Gasteiger partial charge >= 0.3 is 0 Å². The normalized spacial score (nSPS) is 15.0. The van der Waals surface area contributed by atoms with Crippen molar-refractivity contribution in [2.24, 2.45) is 0 Å². The Morgan fingerprint density at radius 2 is 2.19 bits per heavy atom. The summed E-state index contributed by atoms with van der Waals surface area (Å²) in [4.78, 5) is 25.2. The van der Waals surface area contributed by atoms with Crippen molar-refractivity contribution in [3.8, 4) is 0 Å². The third-order valence-corrected chi connectivity index (χ3v) is 4.77. The Bertz CT molecular complexity index is 583. The molecule has 0 radical (unpaired) electrons. The molecule has 1 aliphatic heterocycles. The number of benzene rings is 1. The second-order valence-corrected chi connectivity index (χ2v) is 6.89. The molecule has 112 valence electrons. The largest absolute Gasteiger partial charge is 0.324 e. The number of thiocarbonyl (C=S) groups is 1. The number of carbonyl (C=O) groups excluding carboxylic acids is 2. The first kappa shape index (κ1) is 16.0. The maximum atomic E-state index is 12.2. The summed E-state index contributed by atoms with van der Waals surface area (Å²) in [5, 5.41) is 2.93. The van der Waals surface area contributed by atoms with Crippen LogP contribution in [-0.2, 0) is 9.59 Å². The first-order valence-corrected chi connectivity index (χ1v) is 8.16. The number of hydrogen-bond donors (Lipinski definition) is 1. The molecule has 0 saturated carbocycles. The van der Waals surface area contributed by atoms with E-state index in [4.69, 9.17) is 12.2 Å². The highest BCUT2D eigenvalue weighted by molar-refractivity contribution is 8.23. The lowest BCUT2D eigenvalue weighted by Gasteiger charge is -2.19. The molecule has 1 N–H and O–H groups in total. The highest BCUT2D eigenvalue weighted by atomic mass is 32.2. The molecule has 1 fully saturated rings. The Morgan fingerprint density at radius 1 is 1.48 bits per heavy atom. The summed E-state index contributed by atoms with van der Waals surface area (Å²) in [5.41, 5.74) is 2.94. The zero-order valence-electron chi connectivity index (χ0n) is 12.3. The SMILES string of the molecule is Cc1cccc(C(C)C)c1NC(=O)CN1C(=O)CSC1=S. The van der Waals surface area contributed by atoms with Crippen molar-refractivity contribution in [2.75, 3.05) is 17.6 Å². The molecule has 0 atom stereocenters. The van der Waals surface area contributed by atoms with E-state index in [-0.39, 0.29) is 18.4 Å². The summed E-state index contributed by atoms with van der Waals surface area (Å²) in [5.74, 6) is 0.317. The Morgan fingerprint density at radius 3 is 2.76 bits per heavy atom. The van der Waals surface area contributed by atoms with Crippen LogP contribution in [0.15, 0.2) is 18.2 Å². The van der Waals surface area contributed by atoms with Crippen molar-refractivity contribution >= 4 is 45.8 Å². The van der Waals surface area contributed by atoms with E-state index < -0.39 is 0 Å². The van der Waals surface area contributed by atoms with Crippen LogP contribution in [0, 0.1) is 6.92 Å². The molecule has 0 spiro atoms. The zero-order chi connectivity index (χ0) is 15.6. The van der Waals surface area contributed by atoms with Gasteiger partial charge in [0, 0.05) is 5.69 Å². The van der Waals surface area contributed by atoms with E-state index >= 15 is 0 Å². The van der Waals surface area contributed by atoms with Crippen LogP contribution < -0.4 is 5.32 Å². The molecular formula is C15H18N2O2S2. The van der Waals surface area contributed by atoms with Crippen LogP contribution in [0.1, 0.15) is 30.9 Å². The minimum Gasteiger partial charge on any atom is -0.324 e. The van der Waals surface area contributed by atoms with E-state index in [0.717, 1.165) is 16.8 Å². The van der Waals surface area contributed by atoms with Gasteiger partial charge in [-0.25, -0.2) is 0 Å². The second-order valence-electron chi connectivity index (χ2n) is 5.28. The minimum absolute atomic E-state index is 0.0173. The Kier molecular flexibility index (Phi) is 5.00. The van der Waals surface area contributed by atoms with E-state index in [1.165, 1.54) is 16.7 Å². The predicted molar refractivity (Wildman–Crippen MR) is 90.7 cm³/mol. The average Bonchev–Trinajstić information content (AvgIpc) is 2.72. The van der Waals surface area contributed by atoms with Crippen molar-refractivity contribution in [1.29, 1.82) is 0 Å². The van der Waals surface area contributed by atoms with E-state index in [1.807, 2.05) is 25.1 Å². The van der Waals surface area contributed by atoms with Gasteiger partial charge in [0.25, 0.3) is 0 Å². The van der Waals surface area contributed by atoms with Gasteiger partial charge in [-0.1, -0.05) is 56.0 Å². The topological polar surface area (TPSA) is 49.4 Å². The highest BCUT2D eigenvalue weighted by Gasteiger charge is 2.28. The number of aryl methyl sites for hydroxylation is 1. The molecule has 1 heterocycles. The van der Waals surface area contributed by atoms with Gasteiger partial charge in [-0.2, -0.15) is 0 Å². The molecule has 2 amide bonds. The summed E-state index contributed by atoms with van der Waals surface area (Å²) < 4.78 is 0.476. The third-order valence-electron chi connectivity index (χ3n) is 3.33. The molecule has 1 aliphatic rings. The molecule has 2 rings (SSSR count). The van der Waals surface area contributed by atoms with Crippen LogP contribution in [0.5, 0.6) is 0 Å². The van der Waals surface area contributed by atoms with Gasteiger partial charge < -0.3 is 5.32 Å². The highest BCUT2D eigenvalue weighted by Crippen LogP contribution is 2.27. The minimum atomic E-state index is -0.218. The Labute approximate surface area is 134 Å². The van der Waals surface area contributed by atoms with Crippen LogP contribution in [0.25, 0.3) is 0 Å². The maximum Gasteiger partial charge on any atom is 0.244 e. The maximum absolute atomic E-state index is 12.2. The number of thioether (sulfide) groups is 1. The van der Waals surface area contributed by atoms with Gasteiger partial charge in [0.15, 0.2) is 0 Å². The third kappa shape index (κ3) is 3.63. The number of nitrogens with one attached hydrogen (secondary N) is 1. The number of para-hydroxylation sites is 1. The Hall–Kier alpha value is -1.40. The van der Waals surface area contributed by atoms with Gasteiger partial charge in [-0.3, -0.25) is 14.5 Å². The van der Waals surface area contributed by atoms with E-state index in [2.05, 4.69) is 19.2 Å².